The molecular weight excluding hydrogens is 670 g/mol. The van der Waals surface area contributed by atoms with Gasteiger partial charge >= 0.3 is 0 Å². The van der Waals surface area contributed by atoms with Crippen molar-refractivity contribution in [3.05, 3.63) is 92.9 Å². The smallest absolute Gasteiger partial charge is 0.252 e. The van der Waals surface area contributed by atoms with Crippen molar-refractivity contribution in [3.8, 4) is 11.5 Å². The Morgan fingerprint density at radius 2 is 1.88 bits per heavy atom. The number of methoxy groups -OCH3 is 1. The first-order chi connectivity index (χ1) is 23.7. The number of aliphatic hydroxyl groups is 1. The highest BCUT2D eigenvalue weighted by Crippen LogP contribution is 2.28. The van der Waals surface area contributed by atoms with Crippen molar-refractivity contribution in [1.29, 1.82) is 0 Å². The van der Waals surface area contributed by atoms with E-state index in [-0.39, 0.29) is 25.1 Å². The van der Waals surface area contributed by atoms with Crippen LogP contribution >= 0.6 is 22.9 Å². The Labute approximate surface area is 293 Å². The number of nitrogens with one attached hydrogen (secondary N) is 3. The minimum Gasteiger partial charge on any atom is -0.493 e. The van der Waals surface area contributed by atoms with Gasteiger partial charge in [-0.05, 0) is 42.8 Å². The molecule has 6 rings (SSSR count). The Hall–Kier alpha value is -4.50. The third-order valence-corrected chi connectivity index (χ3v) is 9.19. The van der Waals surface area contributed by atoms with Gasteiger partial charge in [-0.1, -0.05) is 47.1 Å². The van der Waals surface area contributed by atoms with E-state index in [0.717, 1.165) is 16.1 Å². The number of hydrogen-bond donors (Lipinski definition) is 4. The van der Waals surface area contributed by atoms with Crippen LogP contribution < -0.4 is 25.4 Å². The molecule has 0 saturated carbocycles. The van der Waals surface area contributed by atoms with Crippen molar-refractivity contribution in [3.63, 3.8) is 0 Å². The number of halogens is 1. The van der Waals surface area contributed by atoms with E-state index in [1.54, 1.807) is 16.8 Å². The van der Waals surface area contributed by atoms with E-state index in [1.165, 1.54) is 31.4 Å². The van der Waals surface area contributed by atoms with Crippen LogP contribution in [0.25, 0.3) is 0 Å². The van der Waals surface area contributed by atoms with E-state index in [9.17, 15) is 19.5 Å². The molecule has 4 N–H and O–H groups in total. The highest BCUT2D eigenvalue weighted by molar-refractivity contribution is 7.16. The molecule has 0 saturated heterocycles. The number of rotatable bonds is 6. The molecule has 13 nitrogen and oxygen atoms in total. The largest absolute Gasteiger partial charge is 0.493 e. The number of aliphatic hydroxyl groups excluding tert-OH is 1. The van der Waals surface area contributed by atoms with Crippen molar-refractivity contribution >= 4 is 40.7 Å². The lowest BCUT2D eigenvalue weighted by molar-refractivity contribution is -0.132. The second kappa shape index (κ2) is 17.2. The molecule has 15 heteroatoms. The highest BCUT2D eigenvalue weighted by atomic mass is 35.5. The highest BCUT2D eigenvalue weighted by Gasteiger charge is 2.30. The fraction of sp³-hybridized carbons (Fsp3) is 0.382. The Morgan fingerprint density at radius 1 is 1.06 bits per heavy atom. The molecule has 0 aliphatic carbocycles. The number of hydrogen-bond acceptors (Lipinski definition) is 10. The van der Waals surface area contributed by atoms with Gasteiger partial charge in [0.1, 0.15) is 18.7 Å². The summed E-state index contributed by atoms with van der Waals surface area (Å²) in [6.07, 6.45) is 1.42. The molecule has 3 amide bonds. The monoisotopic (exact) mass is 709 g/mol. The number of benzene rings is 2. The molecule has 4 bridgehead atoms. The van der Waals surface area contributed by atoms with Crippen molar-refractivity contribution < 1.29 is 29.0 Å². The summed E-state index contributed by atoms with van der Waals surface area (Å²) >= 11 is 7.67. The number of thiophene rings is 1. The van der Waals surface area contributed by atoms with Gasteiger partial charge in [-0.2, -0.15) is 0 Å². The minimum atomic E-state index is -1.26. The number of carbonyl (C=O) groups excluding carboxylic acids is 3. The molecule has 2 aliphatic heterocycles. The van der Waals surface area contributed by atoms with Crippen molar-refractivity contribution in [2.75, 3.05) is 33.4 Å². The summed E-state index contributed by atoms with van der Waals surface area (Å²) in [5, 5.41) is 27.4. The zero-order valence-corrected chi connectivity index (χ0v) is 28.9. The van der Waals surface area contributed by atoms with Gasteiger partial charge in [0.2, 0.25) is 11.8 Å². The molecule has 2 aromatic heterocycles. The molecule has 4 heterocycles. The van der Waals surface area contributed by atoms with Crippen molar-refractivity contribution in [2.24, 2.45) is 0 Å². The van der Waals surface area contributed by atoms with Crippen LogP contribution in [-0.4, -0.2) is 94.3 Å². The van der Waals surface area contributed by atoms with Crippen molar-refractivity contribution in [2.45, 2.75) is 51.0 Å². The average molecular weight is 710 g/mol. The van der Waals surface area contributed by atoms with Gasteiger partial charge in [0.25, 0.3) is 5.91 Å². The lowest BCUT2D eigenvalue weighted by Crippen LogP contribution is -2.58. The number of fused-ring (bicyclic) bond motifs is 16. The topological polar surface area (TPSA) is 160 Å². The van der Waals surface area contributed by atoms with Gasteiger partial charge in [0.15, 0.2) is 11.5 Å². The summed E-state index contributed by atoms with van der Waals surface area (Å²) in [5.41, 5.74) is 1.84. The third-order valence-electron chi connectivity index (χ3n) is 7.98. The van der Waals surface area contributed by atoms with Crippen LogP contribution in [0.3, 0.4) is 0 Å². The summed E-state index contributed by atoms with van der Waals surface area (Å²) in [6, 6.07) is 15.4. The molecule has 0 unspecified atom stereocenters. The normalized spacial score (nSPS) is 19.3. The first-order valence-electron chi connectivity index (χ1n) is 16.0. The van der Waals surface area contributed by atoms with E-state index >= 15 is 0 Å². The van der Waals surface area contributed by atoms with Crippen LogP contribution in [0.15, 0.2) is 66.9 Å². The number of amides is 3. The predicted molar refractivity (Wildman–Crippen MR) is 185 cm³/mol. The molecule has 0 radical (unpaired) electrons. The number of nitrogens with zero attached hydrogens (tertiary/aromatic N) is 4. The zero-order chi connectivity index (χ0) is 34.8. The zero-order valence-electron chi connectivity index (χ0n) is 27.3. The maximum Gasteiger partial charge on any atom is 0.252 e. The van der Waals surface area contributed by atoms with Crippen molar-refractivity contribution in [1.82, 2.24) is 35.8 Å². The summed E-state index contributed by atoms with van der Waals surface area (Å²) in [5.74, 6) is -0.917. The van der Waals surface area contributed by atoms with Gasteiger partial charge in [0.05, 0.1) is 29.8 Å². The van der Waals surface area contributed by atoms with Gasteiger partial charge < -0.3 is 30.5 Å². The molecular formula is C34H40ClN7O6S. The summed E-state index contributed by atoms with van der Waals surface area (Å²) in [4.78, 5) is 43.8. The summed E-state index contributed by atoms with van der Waals surface area (Å²) in [6.45, 7) is 4.10. The van der Waals surface area contributed by atoms with E-state index in [2.05, 4.69) is 31.2 Å². The first-order valence-corrected chi connectivity index (χ1v) is 17.2. The summed E-state index contributed by atoms with van der Waals surface area (Å²) < 4.78 is 13.9. The fourth-order valence-corrected chi connectivity index (χ4v) is 6.48. The quantitative estimate of drug-likeness (QED) is 0.221. The fourth-order valence-electron chi connectivity index (χ4n) is 5.35. The maximum absolute atomic E-state index is 13.7. The molecule has 0 fully saturated rings. The molecule has 2 aliphatic rings. The van der Waals surface area contributed by atoms with Crippen LogP contribution in [-0.2, 0) is 35.5 Å². The molecule has 4 aromatic rings. The van der Waals surface area contributed by atoms with E-state index < -0.39 is 35.9 Å². The average Bonchev–Trinajstić information content (AvgIpc) is 3.73. The second-order valence-electron chi connectivity index (χ2n) is 11.7. The predicted octanol–water partition coefficient (Wildman–Crippen LogP) is 2.46. The van der Waals surface area contributed by atoms with Gasteiger partial charge in [0, 0.05) is 55.7 Å². The lowest BCUT2D eigenvalue weighted by Gasteiger charge is -2.26. The Morgan fingerprint density at radius 3 is 2.61 bits per heavy atom. The number of carbonyl (C=O) groups is 3. The van der Waals surface area contributed by atoms with Crippen LogP contribution in [0.5, 0.6) is 11.5 Å². The second-order valence-corrected chi connectivity index (χ2v) is 13.5. The van der Waals surface area contributed by atoms with Gasteiger partial charge in [-0.25, -0.2) is 4.68 Å². The lowest BCUT2D eigenvalue weighted by atomic mass is 10.0. The maximum atomic E-state index is 13.7. The minimum absolute atomic E-state index is 0.149. The molecule has 49 heavy (non-hydrogen) atoms. The first kappa shape index (κ1) is 35.8. The third kappa shape index (κ3) is 10.2. The molecule has 0 spiro atoms. The Balaban J connectivity index is 1.40. The van der Waals surface area contributed by atoms with Gasteiger partial charge in [-0.3, -0.25) is 19.3 Å². The van der Waals surface area contributed by atoms with Crippen LogP contribution in [0.4, 0.5) is 0 Å². The Bertz CT molecular complexity index is 1720. The molecule has 3 atom stereocenters. The Kier molecular flexibility index (Phi) is 12.6. The SMILES string of the molecule is COc1cc2ccc1OCCn1cc(nn1)CCN(Cc1ccc(Cl)s1)CCNC(=O)[C@H]([C@@H](C)O)NC(=O)[C@@H](Cc1ccccc1)NC2=O. The standard InChI is InChI=1S/C34H40ClN7O6S/c1-22(43)31-34(46)36-13-15-41(21-26-9-11-30(35)49-26)14-12-25-20-42(40-39-25)16-17-48-28-10-8-24(19-29(28)47-2)32(44)37-27(33(45)38-31)18-23-6-4-3-5-7-23/h3-11,19-20,22,27,31,43H,12-18,21H2,1-2H3,(H,36,46)(H,37,44)(H,38,45)/t22-,27-,31+/m1/s1. The summed E-state index contributed by atoms with van der Waals surface area (Å²) in [7, 11) is 1.48. The van der Waals surface area contributed by atoms with E-state index in [4.69, 9.17) is 21.1 Å². The van der Waals surface area contributed by atoms with Gasteiger partial charge in [-0.15, -0.1) is 16.4 Å². The van der Waals surface area contributed by atoms with Crippen LogP contribution in [0, 0.1) is 0 Å². The van der Waals surface area contributed by atoms with Crippen LogP contribution in [0.1, 0.15) is 33.4 Å². The molecule has 260 valence electrons. The number of ether oxygens (including phenoxy) is 2. The van der Waals surface area contributed by atoms with E-state index in [1.807, 2.05) is 48.7 Å². The van der Waals surface area contributed by atoms with Crippen LogP contribution in [0.2, 0.25) is 4.34 Å². The number of aromatic nitrogens is 3. The molecule has 2 aromatic carbocycles. The van der Waals surface area contributed by atoms with E-state index in [0.29, 0.717) is 48.4 Å².